The van der Waals surface area contributed by atoms with Gasteiger partial charge in [0.15, 0.2) is 11.1 Å². The zero-order valence-corrected chi connectivity index (χ0v) is 16.9. The number of phenolic OH excluding ortho intramolecular Hbond substituents is 1. The number of aromatic hydroxyl groups is 1. The zero-order valence-electron chi connectivity index (χ0n) is 15.2. The molecule has 0 spiro atoms. The lowest BCUT2D eigenvalue weighted by Crippen LogP contribution is -2.08. The van der Waals surface area contributed by atoms with Gasteiger partial charge >= 0.3 is 8.03 Å². The maximum Gasteiger partial charge on any atom is 0.349 e. The summed E-state index contributed by atoms with van der Waals surface area (Å²) in [6.45, 7) is 1.60. The Labute approximate surface area is 166 Å². The van der Waals surface area contributed by atoms with Crippen LogP contribution in [0.1, 0.15) is 5.56 Å². The average molecular weight is 434 g/mol. The molecule has 0 saturated carbocycles. The highest BCUT2D eigenvalue weighted by Crippen LogP contribution is 2.38. The van der Waals surface area contributed by atoms with E-state index in [1.54, 1.807) is 6.92 Å². The Bertz CT molecular complexity index is 1270. The van der Waals surface area contributed by atoms with Gasteiger partial charge in [0.1, 0.15) is 17.1 Å². The molecule has 2 N–H and O–H groups in total. The second kappa shape index (κ2) is 7.84. The molecule has 1 atom stereocenters. The van der Waals surface area contributed by atoms with Crippen LogP contribution in [0.15, 0.2) is 57.6 Å². The fourth-order valence-corrected chi connectivity index (χ4v) is 3.84. The van der Waals surface area contributed by atoms with Gasteiger partial charge in [-0.05, 0) is 36.6 Å². The molecular weight excluding hydrogens is 419 g/mol. The molecule has 3 aromatic carbocycles. The first-order chi connectivity index (χ1) is 13.6. The molecule has 0 radical (unpaired) electrons. The third kappa shape index (κ3) is 4.25. The lowest BCUT2D eigenvalue weighted by molar-refractivity contribution is -0.160. The van der Waals surface area contributed by atoms with Gasteiger partial charge in [0, 0.05) is 17.0 Å². The van der Waals surface area contributed by atoms with Crippen molar-refractivity contribution in [2.24, 2.45) is 10.2 Å². The molecule has 0 amide bonds. The second-order valence-electron chi connectivity index (χ2n) is 6.06. The van der Waals surface area contributed by atoms with E-state index in [0.717, 1.165) is 0 Å². The van der Waals surface area contributed by atoms with Gasteiger partial charge in [-0.3, -0.25) is 4.55 Å². The van der Waals surface area contributed by atoms with E-state index in [4.69, 9.17) is 4.74 Å². The summed E-state index contributed by atoms with van der Waals surface area (Å²) in [4.78, 5) is 11.0. The van der Waals surface area contributed by atoms with Crippen molar-refractivity contribution in [2.45, 2.75) is 11.8 Å². The minimum Gasteiger partial charge on any atom is -0.591 e. The van der Waals surface area contributed by atoms with E-state index in [0.29, 0.717) is 16.3 Å². The Morgan fingerprint density at radius 1 is 1.10 bits per heavy atom. The van der Waals surface area contributed by atoms with Crippen LogP contribution in [0.5, 0.6) is 11.5 Å². The van der Waals surface area contributed by atoms with E-state index >= 15 is 0 Å². The maximum absolute atomic E-state index is 11.3. The summed E-state index contributed by atoms with van der Waals surface area (Å²) in [6.07, 6.45) is 0. The van der Waals surface area contributed by atoms with Crippen molar-refractivity contribution in [3.63, 3.8) is 0 Å². The number of hydrogen-bond donors (Lipinski definition) is 2. The van der Waals surface area contributed by atoms with E-state index in [1.165, 1.54) is 49.6 Å². The molecule has 0 aliphatic rings. The highest BCUT2D eigenvalue weighted by molar-refractivity contribution is 7.85. The van der Waals surface area contributed by atoms with E-state index in [2.05, 4.69) is 10.2 Å². The fourth-order valence-electron chi connectivity index (χ4n) is 2.75. The van der Waals surface area contributed by atoms with Crippen LogP contribution in [0.25, 0.3) is 10.8 Å². The van der Waals surface area contributed by atoms with Gasteiger partial charge in [0.2, 0.25) is 0 Å². The van der Waals surface area contributed by atoms with Crippen LogP contribution in [0.4, 0.5) is 11.4 Å². The summed E-state index contributed by atoms with van der Waals surface area (Å²) in [6, 6.07) is 9.42. The van der Waals surface area contributed by atoms with Crippen LogP contribution in [0.3, 0.4) is 0 Å². The number of phenols is 1. The molecular formula is C18H15N2O7PS. The van der Waals surface area contributed by atoms with Crippen molar-refractivity contribution in [3.05, 3.63) is 48.0 Å². The third-order valence-corrected chi connectivity index (χ3v) is 5.92. The summed E-state index contributed by atoms with van der Waals surface area (Å²) < 4.78 is 48.3. The summed E-state index contributed by atoms with van der Waals surface area (Å²) >= 11 is 0. The van der Waals surface area contributed by atoms with Crippen LogP contribution in [-0.2, 0) is 14.7 Å². The zero-order chi connectivity index (χ0) is 21.3. The summed E-state index contributed by atoms with van der Waals surface area (Å²) in [5, 5.41) is 19.2. The van der Waals surface area contributed by atoms with Crippen molar-refractivity contribution >= 4 is 45.6 Å². The number of nitrogens with zero attached hydrogens (tertiary/aromatic N) is 2. The highest BCUT2D eigenvalue weighted by atomic mass is 32.2. The molecule has 9 nitrogen and oxygen atoms in total. The Morgan fingerprint density at radius 2 is 1.83 bits per heavy atom. The van der Waals surface area contributed by atoms with Crippen molar-refractivity contribution in [2.75, 3.05) is 7.11 Å². The first kappa shape index (κ1) is 20.8. The molecule has 29 heavy (non-hydrogen) atoms. The minimum atomic E-state index is -4.38. The molecule has 0 bridgehead atoms. The first-order valence-electron chi connectivity index (χ1n) is 8.10. The monoisotopic (exact) mass is 434 g/mol. The molecule has 0 fully saturated rings. The lowest BCUT2D eigenvalue weighted by atomic mass is 10.1. The molecule has 0 heterocycles. The van der Waals surface area contributed by atoms with Crippen LogP contribution in [0, 0.1) is 6.92 Å². The van der Waals surface area contributed by atoms with Gasteiger partial charge in [-0.25, -0.2) is 0 Å². The Morgan fingerprint density at radius 3 is 2.45 bits per heavy atom. The second-order valence-corrected chi connectivity index (χ2v) is 8.48. The average Bonchev–Trinajstić information content (AvgIpc) is 2.65. The SMILES string of the molecule is COc1cc([P+](=O)[O-])c(C)cc1N=Nc1c(O)ccc2cc(S(=O)(=O)O)ccc12. The summed E-state index contributed by atoms with van der Waals surface area (Å²) in [5.41, 5.74) is 0.774. The summed E-state index contributed by atoms with van der Waals surface area (Å²) in [5.74, 6) is -0.0160. The van der Waals surface area contributed by atoms with E-state index in [1.807, 2.05) is 0 Å². The van der Waals surface area contributed by atoms with Gasteiger partial charge < -0.3 is 14.7 Å². The Hall–Kier alpha value is -2.91. The number of hydrogen-bond acceptors (Lipinski definition) is 8. The predicted octanol–water partition coefficient (Wildman–Crippen LogP) is 3.25. The van der Waals surface area contributed by atoms with Crippen molar-refractivity contribution in [1.29, 1.82) is 0 Å². The van der Waals surface area contributed by atoms with Gasteiger partial charge in [0.25, 0.3) is 10.1 Å². The number of rotatable bonds is 5. The molecule has 0 saturated heterocycles. The fraction of sp³-hybridized carbons (Fsp3) is 0.111. The normalized spacial score (nSPS) is 12.5. The van der Waals surface area contributed by atoms with Gasteiger partial charge in [-0.15, -0.1) is 10.2 Å². The highest BCUT2D eigenvalue weighted by Gasteiger charge is 2.17. The third-order valence-electron chi connectivity index (χ3n) is 4.19. The number of aryl methyl sites for hydroxylation is 1. The van der Waals surface area contributed by atoms with Gasteiger partial charge in [0.05, 0.1) is 12.0 Å². The van der Waals surface area contributed by atoms with Crippen molar-refractivity contribution < 1.29 is 32.3 Å². The minimum absolute atomic E-state index is 0.0723. The smallest absolute Gasteiger partial charge is 0.349 e. The van der Waals surface area contributed by atoms with Crippen LogP contribution < -0.4 is 14.9 Å². The maximum atomic E-state index is 11.3. The molecule has 3 aromatic rings. The van der Waals surface area contributed by atoms with Crippen molar-refractivity contribution in [3.8, 4) is 11.5 Å². The predicted molar refractivity (Wildman–Crippen MR) is 105 cm³/mol. The first-order valence-corrected chi connectivity index (χ1v) is 10.7. The molecule has 3 rings (SSSR count). The standard InChI is InChI=1S/C18H15N2O7PS/c1-10-7-14(16(27-2)9-17(10)28(22)23)19-20-18-13-5-4-12(29(24,25)26)8-11(13)3-6-15(18)21/h3-9,21H,1-2H3,(H,24,25,26). The summed E-state index contributed by atoms with van der Waals surface area (Å²) in [7, 11) is -5.83. The van der Waals surface area contributed by atoms with E-state index < -0.39 is 18.1 Å². The molecule has 150 valence electrons. The largest absolute Gasteiger partial charge is 0.591 e. The van der Waals surface area contributed by atoms with Gasteiger partial charge in [-0.2, -0.15) is 8.42 Å². The molecule has 11 heteroatoms. The molecule has 1 unspecified atom stereocenters. The number of benzene rings is 3. The quantitative estimate of drug-likeness (QED) is 0.356. The van der Waals surface area contributed by atoms with Crippen molar-refractivity contribution in [1.82, 2.24) is 0 Å². The molecule has 0 aliphatic heterocycles. The lowest BCUT2D eigenvalue weighted by Gasteiger charge is -2.07. The molecule has 0 aromatic heterocycles. The number of ether oxygens (including phenoxy) is 1. The van der Waals surface area contributed by atoms with E-state index in [9.17, 15) is 27.5 Å². The van der Waals surface area contributed by atoms with Crippen LogP contribution in [-0.4, -0.2) is 25.2 Å². The Kier molecular flexibility index (Phi) is 5.63. The van der Waals surface area contributed by atoms with E-state index in [-0.39, 0.29) is 33.1 Å². The van der Waals surface area contributed by atoms with Gasteiger partial charge in [-0.1, -0.05) is 16.7 Å². The number of fused-ring (bicyclic) bond motifs is 1. The van der Waals surface area contributed by atoms with Crippen LogP contribution >= 0.6 is 8.03 Å². The number of azo groups is 1. The number of methoxy groups -OCH3 is 1. The topological polar surface area (TPSA) is 149 Å². The Balaban J connectivity index is 2.13. The van der Waals surface area contributed by atoms with Crippen LogP contribution in [0.2, 0.25) is 0 Å². The molecule has 0 aliphatic carbocycles.